The third-order valence-corrected chi connectivity index (χ3v) is 2.95. The molecule has 3 rings (SSSR count). The largest absolute Gasteiger partial charge is 0.475 e. The predicted octanol–water partition coefficient (Wildman–Crippen LogP) is 2.12. The quantitative estimate of drug-likeness (QED) is 0.768. The van der Waals surface area contributed by atoms with Gasteiger partial charge in [0, 0.05) is 24.3 Å². The maximum absolute atomic E-state index is 12.0. The van der Waals surface area contributed by atoms with Gasteiger partial charge >= 0.3 is 5.97 Å². The zero-order valence-corrected chi connectivity index (χ0v) is 11.0. The SMILES string of the molecule is Cn1cc(C(=O)Nc2ccc3oc(C(=O)O)cc3c2)cn1. The number of nitrogens with one attached hydrogen (secondary N) is 1. The van der Waals surface area contributed by atoms with Gasteiger partial charge in [0.25, 0.3) is 5.91 Å². The average Bonchev–Trinajstić information content (AvgIpc) is 3.04. The van der Waals surface area contributed by atoms with Gasteiger partial charge in [-0.25, -0.2) is 4.79 Å². The number of carbonyl (C=O) groups is 2. The molecule has 3 aromatic rings. The number of aromatic nitrogens is 2. The summed E-state index contributed by atoms with van der Waals surface area (Å²) in [5.41, 5.74) is 1.44. The van der Waals surface area contributed by atoms with E-state index in [1.807, 2.05) is 0 Å². The average molecular weight is 285 g/mol. The van der Waals surface area contributed by atoms with Crippen molar-refractivity contribution >= 4 is 28.5 Å². The minimum Gasteiger partial charge on any atom is -0.475 e. The van der Waals surface area contributed by atoms with Crippen molar-refractivity contribution in [2.24, 2.45) is 7.05 Å². The Morgan fingerprint density at radius 3 is 2.81 bits per heavy atom. The van der Waals surface area contributed by atoms with E-state index in [4.69, 9.17) is 9.52 Å². The molecule has 2 N–H and O–H groups in total. The molecule has 0 radical (unpaired) electrons. The Morgan fingerprint density at radius 2 is 2.14 bits per heavy atom. The van der Waals surface area contributed by atoms with Crippen molar-refractivity contribution in [3.05, 3.63) is 48.0 Å². The molecule has 2 heterocycles. The van der Waals surface area contributed by atoms with E-state index in [1.165, 1.54) is 16.9 Å². The molecule has 0 aliphatic rings. The van der Waals surface area contributed by atoms with Crippen molar-refractivity contribution < 1.29 is 19.1 Å². The first-order valence-electron chi connectivity index (χ1n) is 6.10. The predicted molar refractivity (Wildman–Crippen MR) is 74.3 cm³/mol. The molecule has 0 unspecified atom stereocenters. The van der Waals surface area contributed by atoms with Gasteiger partial charge < -0.3 is 14.8 Å². The number of hydrogen-bond acceptors (Lipinski definition) is 4. The lowest BCUT2D eigenvalue weighted by molar-refractivity contribution is 0.0665. The second kappa shape index (κ2) is 4.78. The number of carbonyl (C=O) groups excluding carboxylic acids is 1. The highest BCUT2D eigenvalue weighted by atomic mass is 16.4. The highest BCUT2D eigenvalue weighted by molar-refractivity contribution is 6.05. The van der Waals surface area contributed by atoms with Gasteiger partial charge in [0.2, 0.25) is 5.76 Å². The number of rotatable bonds is 3. The Hall–Kier alpha value is -3.09. The highest BCUT2D eigenvalue weighted by Crippen LogP contribution is 2.23. The molecule has 21 heavy (non-hydrogen) atoms. The van der Waals surface area contributed by atoms with E-state index >= 15 is 0 Å². The van der Waals surface area contributed by atoms with Crippen molar-refractivity contribution in [1.82, 2.24) is 9.78 Å². The van der Waals surface area contributed by atoms with Gasteiger partial charge in [-0.3, -0.25) is 9.48 Å². The van der Waals surface area contributed by atoms with Gasteiger partial charge in [-0.05, 0) is 24.3 Å². The van der Waals surface area contributed by atoms with Crippen LogP contribution in [0.3, 0.4) is 0 Å². The molecule has 1 aromatic carbocycles. The number of carboxylic acids is 1. The summed E-state index contributed by atoms with van der Waals surface area (Å²) < 4.78 is 6.69. The number of aromatic carboxylic acids is 1. The number of nitrogens with zero attached hydrogens (tertiary/aromatic N) is 2. The van der Waals surface area contributed by atoms with Gasteiger partial charge in [-0.15, -0.1) is 0 Å². The van der Waals surface area contributed by atoms with Crippen LogP contribution in [0.2, 0.25) is 0 Å². The molecule has 7 heteroatoms. The van der Waals surface area contributed by atoms with Crippen LogP contribution < -0.4 is 5.32 Å². The molecule has 0 saturated carbocycles. The summed E-state index contributed by atoms with van der Waals surface area (Å²) in [7, 11) is 1.72. The molecule has 2 aromatic heterocycles. The number of fused-ring (bicyclic) bond motifs is 1. The van der Waals surface area contributed by atoms with Crippen LogP contribution in [-0.2, 0) is 7.05 Å². The third kappa shape index (κ3) is 2.48. The second-order valence-corrected chi connectivity index (χ2v) is 4.53. The molecule has 7 nitrogen and oxygen atoms in total. The summed E-state index contributed by atoms with van der Waals surface area (Å²) in [6.07, 6.45) is 3.07. The highest BCUT2D eigenvalue weighted by Gasteiger charge is 2.12. The first kappa shape index (κ1) is 12.9. The Bertz CT molecular complexity index is 847. The molecule has 0 bridgehead atoms. The van der Waals surface area contributed by atoms with Gasteiger partial charge in [-0.2, -0.15) is 5.10 Å². The van der Waals surface area contributed by atoms with Crippen molar-refractivity contribution in [3.8, 4) is 0 Å². The molecular weight excluding hydrogens is 274 g/mol. The number of anilines is 1. The summed E-state index contributed by atoms with van der Waals surface area (Å²) in [6.45, 7) is 0. The topological polar surface area (TPSA) is 97.4 Å². The maximum Gasteiger partial charge on any atom is 0.371 e. The molecular formula is C14H11N3O4. The summed E-state index contributed by atoms with van der Waals surface area (Å²) in [5.74, 6) is -1.56. The fourth-order valence-electron chi connectivity index (χ4n) is 1.97. The lowest BCUT2D eigenvalue weighted by Gasteiger charge is -2.02. The number of hydrogen-bond donors (Lipinski definition) is 2. The van der Waals surface area contributed by atoms with Crippen LogP contribution in [0.15, 0.2) is 41.1 Å². The summed E-state index contributed by atoms with van der Waals surface area (Å²) >= 11 is 0. The fraction of sp³-hybridized carbons (Fsp3) is 0.0714. The minimum atomic E-state index is -1.13. The number of furan rings is 1. The summed E-state index contributed by atoms with van der Waals surface area (Å²) in [6, 6.07) is 6.32. The Balaban J connectivity index is 1.87. The van der Waals surface area contributed by atoms with Crippen molar-refractivity contribution in [1.29, 1.82) is 0 Å². The lowest BCUT2D eigenvalue weighted by Crippen LogP contribution is -2.10. The second-order valence-electron chi connectivity index (χ2n) is 4.53. The van der Waals surface area contributed by atoms with Crippen LogP contribution in [0.4, 0.5) is 5.69 Å². The van der Waals surface area contributed by atoms with Crippen LogP contribution in [0.1, 0.15) is 20.9 Å². The van der Waals surface area contributed by atoms with E-state index in [0.717, 1.165) is 0 Å². The van der Waals surface area contributed by atoms with E-state index in [0.29, 0.717) is 22.2 Å². The molecule has 106 valence electrons. The first-order valence-corrected chi connectivity index (χ1v) is 6.10. The smallest absolute Gasteiger partial charge is 0.371 e. The van der Waals surface area contributed by atoms with Crippen LogP contribution in [0.25, 0.3) is 11.0 Å². The van der Waals surface area contributed by atoms with E-state index in [9.17, 15) is 9.59 Å². The Labute approximate surface area is 118 Å². The molecule has 0 saturated heterocycles. The Kier molecular flexibility index (Phi) is 2.94. The Morgan fingerprint density at radius 1 is 1.33 bits per heavy atom. The van der Waals surface area contributed by atoms with Crippen molar-refractivity contribution in [2.75, 3.05) is 5.32 Å². The number of benzene rings is 1. The normalized spacial score (nSPS) is 10.7. The number of aryl methyl sites for hydroxylation is 1. The first-order chi connectivity index (χ1) is 10.0. The van der Waals surface area contributed by atoms with Crippen LogP contribution in [-0.4, -0.2) is 26.8 Å². The molecule has 0 aliphatic carbocycles. The molecule has 0 fully saturated rings. The van der Waals surface area contributed by atoms with Gasteiger partial charge in [0.1, 0.15) is 5.58 Å². The van der Waals surface area contributed by atoms with E-state index in [2.05, 4.69) is 10.4 Å². The van der Waals surface area contributed by atoms with Crippen LogP contribution in [0, 0.1) is 0 Å². The van der Waals surface area contributed by atoms with Crippen LogP contribution >= 0.6 is 0 Å². The van der Waals surface area contributed by atoms with Gasteiger partial charge in [0.05, 0.1) is 11.8 Å². The monoisotopic (exact) mass is 285 g/mol. The van der Waals surface area contributed by atoms with Crippen molar-refractivity contribution in [3.63, 3.8) is 0 Å². The zero-order chi connectivity index (χ0) is 15.0. The minimum absolute atomic E-state index is 0.138. The third-order valence-electron chi connectivity index (χ3n) is 2.95. The van der Waals surface area contributed by atoms with E-state index < -0.39 is 5.97 Å². The molecule has 0 atom stereocenters. The molecule has 1 amide bonds. The van der Waals surface area contributed by atoms with Crippen LogP contribution in [0.5, 0.6) is 0 Å². The van der Waals surface area contributed by atoms with E-state index in [1.54, 1.807) is 31.4 Å². The lowest BCUT2D eigenvalue weighted by atomic mass is 10.2. The van der Waals surface area contributed by atoms with E-state index in [-0.39, 0.29) is 11.7 Å². The van der Waals surface area contributed by atoms with Crippen molar-refractivity contribution in [2.45, 2.75) is 0 Å². The summed E-state index contributed by atoms with van der Waals surface area (Å²) in [5, 5.41) is 16.1. The summed E-state index contributed by atoms with van der Waals surface area (Å²) in [4.78, 5) is 22.8. The number of carboxylic acid groups (broad SMARTS) is 1. The van der Waals surface area contributed by atoms with Gasteiger partial charge in [-0.1, -0.05) is 0 Å². The number of amides is 1. The maximum atomic E-state index is 12.0. The molecule has 0 spiro atoms. The zero-order valence-electron chi connectivity index (χ0n) is 11.0. The standard InChI is InChI=1S/C14H11N3O4/c1-17-7-9(6-15-17)13(18)16-10-2-3-11-8(4-10)5-12(21-11)14(19)20/h2-7H,1H3,(H,16,18)(H,19,20). The fourth-order valence-corrected chi connectivity index (χ4v) is 1.97. The molecule has 0 aliphatic heterocycles. The van der Waals surface area contributed by atoms with Gasteiger partial charge in [0.15, 0.2) is 0 Å².